The number of anilines is 2. The van der Waals surface area contributed by atoms with Crippen molar-refractivity contribution in [3.8, 4) is 5.75 Å². The van der Waals surface area contributed by atoms with E-state index in [0.29, 0.717) is 15.4 Å². The van der Waals surface area contributed by atoms with Gasteiger partial charge in [0.25, 0.3) is 0 Å². The van der Waals surface area contributed by atoms with Gasteiger partial charge in [0.15, 0.2) is 17.1 Å². The van der Waals surface area contributed by atoms with Crippen LogP contribution in [0.25, 0.3) is 10.3 Å². The summed E-state index contributed by atoms with van der Waals surface area (Å²) in [6.07, 6.45) is 0. The average molecular weight is 420 g/mol. The zero-order valence-electron chi connectivity index (χ0n) is 15.8. The third-order valence-corrected chi connectivity index (χ3v) is 5.07. The summed E-state index contributed by atoms with van der Waals surface area (Å²) in [7, 11) is 2.68. The summed E-state index contributed by atoms with van der Waals surface area (Å²) in [6, 6.07) is 6.37. The second-order valence-electron chi connectivity index (χ2n) is 5.82. The van der Waals surface area contributed by atoms with Crippen molar-refractivity contribution in [1.29, 1.82) is 0 Å². The smallest absolute Gasteiger partial charge is 0.351 e. The fraction of sp³-hybridized carbons (Fsp3) is 0.211. The molecule has 8 nitrogen and oxygen atoms in total. The van der Waals surface area contributed by atoms with Crippen molar-refractivity contribution in [3.63, 3.8) is 0 Å². The van der Waals surface area contributed by atoms with Gasteiger partial charge in [-0.25, -0.2) is 18.8 Å². The lowest BCUT2D eigenvalue weighted by atomic mass is 10.3. The molecule has 10 heteroatoms. The summed E-state index contributed by atoms with van der Waals surface area (Å²) in [5.41, 5.74) is -0.458. The minimum absolute atomic E-state index is 0.0342. The van der Waals surface area contributed by atoms with Crippen LogP contribution in [0.3, 0.4) is 0 Å². The molecule has 0 saturated heterocycles. The zero-order valence-corrected chi connectivity index (χ0v) is 16.6. The van der Waals surface area contributed by atoms with E-state index in [2.05, 4.69) is 10.1 Å². The van der Waals surface area contributed by atoms with Gasteiger partial charge in [0.1, 0.15) is 10.6 Å². The van der Waals surface area contributed by atoms with Gasteiger partial charge in [-0.15, -0.1) is 11.3 Å². The lowest BCUT2D eigenvalue weighted by Gasteiger charge is -2.16. The van der Waals surface area contributed by atoms with Crippen molar-refractivity contribution in [2.24, 2.45) is 0 Å². The van der Waals surface area contributed by atoms with Crippen LogP contribution in [0.5, 0.6) is 5.75 Å². The number of urea groups is 1. The quantitative estimate of drug-likeness (QED) is 0.630. The first-order valence-electron chi connectivity index (χ1n) is 8.47. The lowest BCUT2D eigenvalue weighted by molar-refractivity contribution is 0.0596. The number of halogens is 1. The van der Waals surface area contributed by atoms with Crippen molar-refractivity contribution < 1.29 is 27.9 Å². The summed E-state index contributed by atoms with van der Waals surface area (Å²) < 4.78 is 29.0. The van der Waals surface area contributed by atoms with Crippen LogP contribution < -0.4 is 20.6 Å². The number of carbonyl (C=O) groups excluding carboxylic acids is 2. The molecule has 2 amide bonds. The first kappa shape index (κ1) is 20.3. The van der Waals surface area contributed by atoms with Crippen molar-refractivity contribution in [2.75, 3.05) is 31.0 Å². The van der Waals surface area contributed by atoms with E-state index >= 15 is 0 Å². The fourth-order valence-corrected chi connectivity index (χ4v) is 3.46. The SMILES string of the molecule is CCOc1cc(NC(=O)N(C)c2cc3oc(=O)c(C(=O)OC)cc3s2)ccc1F. The molecule has 0 aliphatic heterocycles. The largest absolute Gasteiger partial charge is 0.491 e. The number of amides is 2. The van der Waals surface area contributed by atoms with Crippen LogP contribution in [0.4, 0.5) is 19.9 Å². The van der Waals surface area contributed by atoms with Crippen LogP contribution >= 0.6 is 11.3 Å². The van der Waals surface area contributed by atoms with E-state index in [0.717, 1.165) is 18.4 Å². The molecule has 0 unspecified atom stereocenters. The average Bonchev–Trinajstić information content (AvgIpc) is 3.11. The Balaban J connectivity index is 1.84. The standard InChI is InChI=1S/C19H17FN2O6S/c1-4-27-13-7-10(5-6-12(13)20)21-19(25)22(2)16-9-14-15(29-16)8-11(17(23)26-3)18(24)28-14/h5-9H,4H2,1-3H3,(H,21,25). The highest BCUT2D eigenvalue weighted by atomic mass is 32.1. The number of methoxy groups -OCH3 is 1. The molecular weight excluding hydrogens is 403 g/mol. The van der Waals surface area contributed by atoms with E-state index in [-0.39, 0.29) is 23.5 Å². The number of ether oxygens (including phenoxy) is 2. The molecule has 152 valence electrons. The number of thiophene rings is 1. The molecule has 0 bridgehead atoms. The van der Waals surface area contributed by atoms with Crippen molar-refractivity contribution in [2.45, 2.75) is 6.92 Å². The minimum atomic E-state index is -0.824. The molecule has 0 fully saturated rings. The predicted molar refractivity (Wildman–Crippen MR) is 107 cm³/mol. The predicted octanol–water partition coefficient (Wildman–Crippen LogP) is 3.85. The summed E-state index contributed by atoms with van der Waals surface area (Å²) in [4.78, 5) is 37.4. The van der Waals surface area contributed by atoms with Crippen LogP contribution in [0, 0.1) is 5.82 Å². The Hall–Kier alpha value is -3.40. The van der Waals surface area contributed by atoms with Gasteiger partial charge in [-0.3, -0.25) is 4.90 Å². The summed E-state index contributed by atoms with van der Waals surface area (Å²) >= 11 is 1.15. The molecule has 1 N–H and O–H groups in total. The van der Waals surface area contributed by atoms with Gasteiger partial charge >= 0.3 is 17.6 Å². The van der Waals surface area contributed by atoms with Crippen LogP contribution in [-0.4, -0.2) is 32.8 Å². The molecule has 2 aromatic heterocycles. The number of carbonyl (C=O) groups is 2. The molecule has 2 heterocycles. The lowest BCUT2D eigenvalue weighted by Crippen LogP contribution is -2.30. The van der Waals surface area contributed by atoms with E-state index in [1.54, 1.807) is 6.92 Å². The monoisotopic (exact) mass is 420 g/mol. The maximum absolute atomic E-state index is 13.7. The van der Waals surface area contributed by atoms with Gasteiger partial charge in [-0.05, 0) is 25.1 Å². The molecule has 29 heavy (non-hydrogen) atoms. The molecule has 0 spiro atoms. The molecule has 0 atom stereocenters. The Kier molecular flexibility index (Phi) is 5.83. The maximum Gasteiger partial charge on any atom is 0.351 e. The third-order valence-electron chi connectivity index (χ3n) is 3.93. The second-order valence-corrected chi connectivity index (χ2v) is 6.88. The van der Waals surface area contributed by atoms with E-state index in [4.69, 9.17) is 9.15 Å². The number of rotatable bonds is 5. The van der Waals surface area contributed by atoms with Crippen LogP contribution in [0.15, 0.2) is 39.5 Å². The van der Waals surface area contributed by atoms with Gasteiger partial charge in [-0.2, -0.15) is 0 Å². The Morgan fingerprint density at radius 1 is 1.28 bits per heavy atom. The van der Waals surface area contributed by atoms with Gasteiger partial charge in [0, 0.05) is 24.9 Å². The van der Waals surface area contributed by atoms with Crippen molar-refractivity contribution in [1.82, 2.24) is 0 Å². The number of benzene rings is 1. The fourth-order valence-electron chi connectivity index (χ4n) is 2.47. The van der Waals surface area contributed by atoms with Crippen molar-refractivity contribution >= 4 is 44.3 Å². The number of hydrogen-bond donors (Lipinski definition) is 1. The van der Waals surface area contributed by atoms with Crippen LogP contribution in [0.1, 0.15) is 17.3 Å². The van der Waals surface area contributed by atoms with Gasteiger partial charge in [-0.1, -0.05) is 0 Å². The number of nitrogens with one attached hydrogen (secondary N) is 1. The van der Waals surface area contributed by atoms with E-state index < -0.39 is 23.4 Å². The highest BCUT2D eigenvalue weighted by molar-refractivity contribution is 7.22. The third kappa shape index (κ3) is 4.21. The first-order valence-corrected chi connectivity index (χ1v) is 9.28. The Labute approximate surface area is 168 Å². The van der Waals surface area contributed by atoms with Crippen LogP contribution in [-0.2, 0) is 4.74 Å². The summed E-state index contributed by atoms with van der Waals surface area (Å²) in [5.74, 6) is -1.30. The Morgan fingerprint density at radius 3 is 2.72 bits per heavy atom. The minimum Gasteiger partial charge on any atom is -0.491 e. The normalized spacial score (nSPS) is 10.6. The molecule has 1 aromatic carbocycles. The highest BCUT2D eigenvalue weighted by Gasteiger charge is 2.19. The first-order chi connectivity index (χ1) is 13.8. The molecule has 0 saturated carbocycles. The van der Waals surface area contributed by atoms with Crippen molar-refractivity contribution in [3.05, 3.63) is 52.1 Å². The molecule has 3 rings (SSSR count). The highest BCUT2D eigenvalue weighted by Crippen LogP contribution is 2.32. The molecule has 0 aliphatic carbocycles. The second kappa shape index (κ2) is 8.31. The van der Waals surface area contributed by atoms with Gasteiger partial charge in [0.2, 0.25) is 0 Å². The molecule has 3 aromatic rings. The topological polar surface area (TPSA) is 98.1 Å². The van der Waals surface area contributed by atoms with Gasteiger partial charge < -0.3 is 19.2 Å². The van der Waals surface area contributed by atoms with Crippen LogP contribution in [0.2, 0.25) is 0 Å². The Bertz CT molecular complexity index is 1140. The molecule has 0 radical (unpaired) electrons. The summed E-state index contributed by atoms with van der Waals surface area (Å²) in [6.45, 7) is 2.01. The Morgan fingerprint density at radius 2 is 2.03 bits per heavy atom. The maximum atomic E-state index is 13.7. The van der Waals surface area contributed by atoms with E-state index in [1.807, 2.05) is 0 Å². The molecular formula is C19H17FN2O6S. The number of hydrogen-bond acceptors (Lipinski definition) is 7. The van der Waals surface area contributed by atoms with Gasteiger partial charge in [0.05, 0.1) is 18.4 Å². The van der Waals surface area contributed by atoms with E-state index in [1.165, 1.54) is 42.3 Å². The summed E-state index contributed by atoms with van der Waals surface area (Å²) in [5, 5.41) is 3.11. The number of fused-ring (bicyclic) bond motifs is 1. The zero-order chi connectivity index (χ0) is 21.1. The number of nitrogens with zero attached hydrogens (tertiary/aromatic N) is 1. The van der Waals surface area contributed by atoms with E-state index in [9.17, 15) is 18.8 Å². The molecule has 0 aliphatic rings. The number of esters is 1.